The molecule has 1 aromatic rings. The molecule has 2 amide bonds. The van der Waals surface area contributed by atoms with Gasteiger partial charge in [0.2, 0.25) is 11.8 Å². The van der Waals surface area contributed by atoms with Crippen molar-refractivity contribution >= 4 is 11.8 Å². The maximum absolute atomic E-state index is 12.6. The largest absolute Gasteiger partial charge is 0.477 e. The third-order valence-corrected chi connectivity index (χ3v) is 4.78. The molecule has 1 aromatic heterocycles. The van der Waals surface area contributed by atoms with Gasteiger partial charge in [0, 0.05) is 0 Å². The number of amides is 2. The van der Waals surface area contributed by atoms with E-state index in [9.17, 15) is 14.7 Å². The molecule has 2 heterocycles. The minimum Gasteiger partial charge on any atom is -0.477 e. The van der Waals surface area contributed by atoms with Gasteiger partial charge in [-0.2, -0.15) is 0 Å². The molecule has 0 aromatic carbocycles. The number of ether oxygens (including phenoxy) is 2. The molecular weight excluding hydrogens is 350 g/mol. The van der Waals surface area contributed by atoms with Crippen LogP contribution in [0.2, 0.25) is 0 Å². The molecule has 3 rings (SSSR count). The summed E-state index contributed by atoms with van der Waals surface area (Å²) < 4.78 is 10.9. The molecule has 0 radical (unpaired) electrons. The van der Waals surface area contributed by atoms with Gasteiger partial charge < -0.3 is 25.6 Å². The summed E-state index contributed by atoms with van der Waals surface area (Å²) in [7, 11) is 0. The molecule has 1 unspecified atom stereocenters. The zero-order chi connectivity index (χ0) is 19.6. The van der Waals surface area contributed by atoms with E-state index in [4.69, 9.17) is 15.2 Å². The standard InChI is InChI=1S/C19H27N3O5/c1-11(2)7-15(16(20)23)21-17(24)14-6-5-13(19(25)9-26-10-19)18(22-14)27-8-12-3-4-12/h5-6,11-12,15,25H,3-4,7-10H2,1-2H3,(H2,20,23)(H,21,24). The summed E-state index contributed by atoms with van der Waals surface area (Å²) in [6, 6.07) is 2.38. The van der Waals surface area contributed by atoms with E-state index in [2.05, 4.69) is 10.3 Å². The second kappa shape index (κ2) is 7.82. The first-order chi connectivity index (χ1) is 12.8. The Morgan fingerprint density at radius 1 is 1.41 bits per heavy atom. The Morgan fingerprint density at radius 2 is 2.11 bits per heavy atom. The topological polar surface area (TPSA) is 124 Å². The van der Waals surface area contributed by atoms with E-state index in [1.165, 1.54) is 6.07 Å². The molecular formula is C19H27N3O5. The van der Waals surface area contributed by atoms with E-state index in [1.54, 1.807) is 6.07 Å². The van der Waals surface area contributed by atoms with Crippen molar-refractivity contribution in [3.8, 4) is 5.88 Å². The molecule has 8 nitrogen and oxygen atoms in total. The fourth-order valence-electron chi connectivity index (χ4n) is 2.91. The van der Waals surface area contributed by atoms with Crippen LogP contribution in [-0.2, 0) is 15.1 Å². The Bertz CT molecular complexity index is 713. The highest BCUT2D eigenvalue weighted by atomic mass is 16.5. The maximum Gasteiger partial charge on any atom is 0.270 e. The molecule has 27 heavy (non-hydrogen) atoms. The first-order valence-corrected chi connectivity index (χ1v) is 9.33. The molecule has 1 aliphatic carbocycles. The monoisotopic (exact) mass is 377 g/mol. The molecule has 1 aliphatic heterocycles. The number of primary amides is 1. The van der Waals surface area contributed by atoms with E-state index in [-0.39, 0.29) is 30.7 Å². The molecule has 1 saturated heterocycles. The first-order valence-electron chi connectivity index (χ1n) is 9.33. The van der Waals surface area contributed by atoms with Crippen molar-refractivity contribution in [2.75, 3.05) is 19.8 Å². The number of pyridine rings is 1. The van der Waals surface area contributed by atoms with Crippen LogP contribution in [0.5, 0.6) is 5.88 Å². The van der Waals surface area contributed by atoms with Crippen molar-refractivity contribution in [2.45, 2.75) is 44.8 Å². The molecule has 4 N–H and O–H groups in total. The molecule has 2 aliphatic rings. The second-order valence-corrected chi connectivity index (χ2v) is 7.89. The third kappa shape index (κ3) is 4.75. The zero-order valence-corrected chi connectivity index (χ0v) is 15.7. The number of nitrogens with two attached hydrogens (primary N) is 1. The molecule has 8 heteroatoms. The lowest BCUT2D eigenvalue weighted by molar-refractivity contribution is -0.185. The Morgan fingerprint density at radius 3 is 2.63 bits per heavy atom. The quantitative estimate of drug-likeness (QED) is 0.582. The van der Waals surface area contributed by atoms with Crippen molar-refractivity contribution in [1.82, 2.24) is 10.3 Å². The van der Waals surface area contributed by atoms with Crippen LogP contribution in [0.1, 0.15) is 49.2 Å². The Labute approximate surface area is 158 Å². The van der Waals surface area contributed by atoms with Crippen LogP contribution in [0.15, 0.2) is 12.1 Å². The van der Waals surface area contributed by atoms with Gasteiger partial charge in [-0.3, -0.25) is 9.59 Å². The van der Waals surface area contributed by atoms with Crippen LogP contribution in [0.3, 0.4) is 0 Å². The Balaban J connectivity index is 1.78. The molecule has 0 bridgehead atoms. The van der Waals surface area contributed by atoms with Gasteiger partial charge in [-0.25, -0.2) is 4.98 Å². The number of hydrogen-bond donors (Lipinski definition) is 3. The fourth-order valence-corrected chi connectivity index (χ4v) is 2.91. The summed E-state index contributed by atoms with van der Waals surface area (Å²) in [6.07, 6.45) is 2.66. The number of nitrogens with one attached hydrogen (secondary N) is 1. The number of aromatic nitrogens is 1. The van der Waals surface area contributed by atoms with Crippen LogP contribution < -0.4 is 15.8 Å². The molecule has 2 fully saturated rings. The first kappa shape index (κ1) is 19.6. The average Bonchev–Trinajstić information content (AvgIpc) is 3.41. The Kier molecular flexibility index (Phi) is 5.67. The summed E-state index contributed by atoms with van der Waals surface area (Å²) in [6.45, 7) is 4.72. The zero-order valence-electron chi connectivity index (χ0n) is 15.7. The maximum atomic E-state index is 12.6. The lowest BCUT2D eigenvalue weighted by Crippen LogP contribution is -2.47. The summed E-state index contributed by atoms with van der Waals surface area (Å²) in [5, 5.41) is 13.2. The van der Waals surface area contributed by atoms with E-state index < -0.39 is 23.5 Å². The molecule has 1 atom stereocenters. The van der Waals surface area contributed by atoms with Crippen molar-refractivity contribution in [2.24, 2.45) is 17.6 Å². The highest BCUT2D eigenvalue weighted by molar-refractivity contribution is 5.96. The number of hydrogen-bond acceptors (Lipinski definition) is 6. The van der Waals surface area contributed by atoms with Crippen molar-refractivity contribution in [1.29, 1.82) is 0 Å². The lowest BCUT2D eigenvalue weighted by atomic mass is 9.92. The molecule has 1 saturated carbocycles. The van der Waals surface area contributed by atoms with E-state index in [0.717, 1.165) is 12.8 Å². The summed E-state index contributed by atoms with van der Waals surface area (Å²) in [4.78, 5) is 28.5. The number of nitrogens with zero attached hydrogens (tertiary/aromatic N) is 1. The minimum atomic E-state index is -1.14. The van der Waals surface area contributed by atoms with E-state index >= 15 is 0 Å². The van der Waals surface area contributed by atoms with E-state index in [0.29, 0.717) is 24.5 Å². The smallest absolute Gasteiger partial charge is 0.270 e. The van der Waals surface area contributed by atoms with E-state index in [1.807, 2.05) is 13.8 Å². The van der Waals surface area contributed by atoms with Gasteiger partial charge in [-0.15, -0.1) is 0 Å². The van der Waals surface area contributed by atoms with Gasteiger partial charge >= 0.3 is 0 Å². The lowest BCUT2D eigenvalue weighted by Gasteiger charge is -2.37. The molecule has 0 spiro atoms. The minimum absolute atomic E-state index is 0.114. The van der Waals surface area contributed by atoms with Crippen molar-refractivity contribution in [3.63, 3.8) is 0 Å². The van der Waals surface area contributed by atoms with Gasteiger partial charge in [0.25, 0.3) is 5.91 Å². The highest BCUT2D eigenvalue weighted by Crippen LogP contribution is 2.36. The number of carbonyl (C=O) groups is 2. The van der Waals surface area contributed by atoms with Crippen LogP contribution in [0, 0.1) is 11.8 Å². The van der Waals surface area contributed by atoms with Gasteiger partial charge in [0.05, 0.1) is 25.4 Å². The highest BCUT2D eigenvalue weighted by Gasteiger charge is 2.41. The predicted octanol–water partition coefficient (Wildman–Crippen LogP) is 0.718. The van der Waals surface area contributed by atoms with Gasteiger partial charge in [-0.1, -0.05) is 13.8 Å². The summed E-state index contributed by atoms with van der Waals surface area (Å²) in [5.41, 5.74) is 4.87. The van der Waals surface area contributed by atoms with Gasteiger partial charge in [0.15, 0.2) is 0 Å². The van der Waals surface area contributed by atoms with Gasteiger partial charge in [-0.05, 0) is 43.2 Å². The van der Waals surface area contributed by atoms with Crippen LogP contribution in [0.4, 0.5) is 0 Å². The van der Waals surface area contributed by atoms with Gasteiger partial charge in [0.1, 0.15) is 17.3 Å². The summed E-state index contributed by atoms with van der Waals surface area (Å²) in [5.74, 6) is -0.156. The number of aliphatic hydroxyl groups is 1. The average molecular weight is 377 g/mol. The van der Waals surface area contributed by atoms with Crippen LogP contribution in [-0.4, -0.2) is 47.8 Å². The predicted molar refractivity (Wildman–Crippen MR) is 97.1 cm³/mol. The second-order valence-electron chi connectivity index (χ2n) is 7.89. The van der Waals surface area contributed by atoms with Crippen LogP contribution >= 0.6 is 0 Å². The summed E-state index contributed by atoms with van der Waals surface area (Å²) >= 11 is 0. The van der Waals surface area contributed by atoms with Crippen molar-refractivity contribution < 1.29 is 24.2 Å². The Hall–Kier alpha value is -2.19. The third-order valence-electron chi connectivity index (χ3n) is 4.78. The SMILES string of the molecule is CC(C)CC(NC(=O)c1ccc(C2(O)COC2)c(OCC2CC2)n1)C(N)=O. The normalized spacial score (nSPS) is 19.3. The number of rotatable bonds is 9. The molecule has 148 valence electrons. The fraction of sp³-hybridized carbons (Fsp3) is 0.632. The number of carbonyl (C=O) groups excluding carboxylic acids is 2. The van der Waals surface area contributed by atoms with Crippen LogP contribution in [0.25, 0.3) is 0 Å². The van der Waals surface area contributed by atoms with Crippen molar-refractivity contribution in [3.05, 3.63) is 23.4 Å².